The molecule has 2 aromatic heterocycles. The molecule has 7 heteroatoms. The molecule has 112 valence electrons. The fourth-order valence-electron chi connectivity index (χ4n) is 2.50. The van der Waals surface area contributed by atoms with Crippen LogP contribution in [0.25, 0.3) is 0 Å². The second kappa shape index (κ2) is 6.89. The summed E-state index contributed by atoms with van der Waals surface area (Å²) >= 11 is 6.79. The molecule has 0 amide bonds. The van der Waals surface area contributed by atoms with Gasteiger partial charge in [-0.15, -0.1) is 0 Å². The van der Waals surface area contributed by atoms with Gasteiger partial charge in [0.2, 0.25) is 5.95 Å². The van der Waals surface area contributed by atoms with E-state index in [1.165, 1.54) is 0 Å². The zero-order valence-corrected chi connectivity index (χ0v) is 14.6. The summed E-state index contributed by atoms with van der Waals surface area (Å²) in [5, 5.41) is 3.55. The van der Waals surface area contributed by atoms with Crippen LogP contribution in [-0.2, 0) is 6.54 Å². The number of piperidine rings is 1. The smallest absolute Gasteiger partial charge is 0.225 e. The van der Waals surface area contributed by atoms with Crippen molar-refractivity contribution in [2.24, 2.45) is 0 Å². The Balaban J connectivity index is 1.56. The molecule has 0 spiro atoms. The lowest BCUT2D eigenvalue weighted by atomic mass is 10.1. The van der Waals surface area contributed by atoms with Crippen LogP contribution in [0.2, 0.25) is 0 Å². The first-order valence-corrected chi connectivity index (χ1v) is 8.50. The Kier molecular flexibility index (Phi) is 4.92. The summed E-state index contributed by atoms with van der Waals surface area (Å²) in [6.45, 7) is 2.66. The Bertz CT molecular complexity index is 570. The van der Waals surface area contributed by atoms with Gasteiger partial charge in [0.05, 0.1) is 11.0 Å². The van der Waals surface area contributed by atoms with Gasteiger partial charge in [-0.05, 0) is 56.8 Å². The monoisotopic (exact) mass is 414 g/mol. The maximum atomic E-state index is 5.59. The quantitative estimate of drug-likeness (QED) is 0.829. The molecule has 1 unspecified atom stereocenters. The molecule has 1 saturated heterocycles. The summed E-state index contributed by atoms with van der Waals surface area (Å²) in [7, 11) is 0. The molecule has 1 atom stereocenters. The molecule has 1 fully saturated rings. The van der Waals surface area contributed by atoms with Crippen molar-refractivity contribution in [3.63, 3.8) is 0 Å². The maximum Gasteiger partial charge on any atom is 0.225 e. The molecule has 0 saturated carbocycles. The van der Waals surface area contributed by atoms with E-state index in [0.29, 0.717) is 6.04 Å². The molecule has 1 N–H and O–H groups in total. The van der Waals surface area contributed by atoms with Crippen LogP contribution >= 0.6 is 31.9 Å². The maximum absolute atomic E-state index is 5.59. The third kappa shape index (κ3) is 3.84. The number of furan rings is 1. The zero-order chi connectivity index (χ0) is 14.7. The van der Waals surface area contributed by atoms with E-state index in [-0.39, 0.29) is 0 Å². The van der Waals surface area contributed by atoms with E-state index >= 15 is 0 Å². The highest BCUT2D eigenvalue weighted by Gasteiger charge is 2.21. The van der Waals surface area contributed by atoms with Gasteiger partial charge in [0.15, 0.2) is 4.67 Å². The average molecular weight is 416 g/mol. The fourth-order valence-corrected chi connectivity index (χ4v) is 3.16. The highest BCUT2D eigenvalue weighted by Crippen LogP contribution is 2.26. The number of rotatable bonds is 4. The third-order valence-electron chi connectivity index (χ3n) is 3.52. The summed E-state index contributed by atoms with van der Waals surface area (Å²) in [5.41, 5.74) is 0. The lowest BCUT2D eigenvalue weighted by molar-refractivity contribution is 0.389. The second-order valence-corrected chi connectivity index (χ2v) is 6.62. The first kappa shape index (κ1) is 15.0. The normalized spacial score (nSPS) is 19.0. The van der Waals surface area contributed by atoms with Crippen LogP contribution in [0.4, 0.5) is 5.95 Å². The number of halogens is 2. The van der Waals surface area contributed by atoms with E-state index in [4.69, 9.17) is 4.42 Å². The molecule has 0 aliphatic carbocycles. The average Bonchev–Trinajstić information content (AvgIpc) is 2.85. The molecule has 0 bridgehead atoms. The van der Waals surface area contributed by atoms with Crippen LogP contribution in [0.5, 0.6) is 0 Å². The van der Waals surface area contributed by atoms with Gasteiger partial charge in [0.25, 0.3) is 0 Å². The standard InChI is InChI=1S/C14H16Br2N4O/c15-12-7-11(21-13(12)16)8-19-10-3-1-6-20(9-10)14-17-4-2-5-18-14/h2,4-5,7,10,19H,1,3,6,8-9H2. The second-order valence-electron chi connectivity index (χ2n) is 5.05. The van der Waals surface area contributed by atoms with Crippen molar-refractivity contribution in [3.05, 3.63) is 39.4 Å². The van der Waals surface area contributed by atoms with E-state index in [1.807, 2.05) is 12.1 Å². The molecule has 2 aromatic rings. The van der Waals surface area contributed by atoms with Crippen molar-refractivity contribution in [1.82, 2.24) is 15.3 Å². The van der Waals surface area contributed by atoms with Gasteiger partial charge in [-0.3, -0.25) is 0 Å². The number of nitrogens with one attached hydrogen (secondary N) is 1. The molecule has 5 nitrogen and oxygen atoms in total. The molecule has 0 aromatic carbocycles. The Labute approximate surface area is 140 Å². The van der Waals surface area contributed by atoms with Gasteiger partial charge >= 0.3 is 0 Å². The molecule has 3 rings (SSSR count). The van der Waals surface area contributed by atoms with Crippen LogP contribution in [0.1, 0.15) is 18.6 Å². The molecule has 21 heavy (non-hydrogen) atoms. The highest BCUT2D eigenvalue weighted by atomic mass is 79.9. The fraction of sp³-hybridized carbons (Fsp3) is 0.429. The number of nitrogens with zero attached hydrogens (tertiary/aromatic N) is 3. The van der Waals surface area contributed by atoms with Crippen molar-refractivity contribution in [1.29, 1.82) is 0 Å². The lowest BCUT2D eigenvalue weighted by Crippen LogP contribution is -2.46. The summed E-state index contributed by atoms with van der Waals surface area (Å²) in [5.74, 6) is 1.73. The molecular formula is C14H16Br2N4O. The summed E-state index contributed by atoms with van der Waals surface area (Å²) < 4.78 is 7.27. The minimum absolute atomic E-state index is 0.421. The lowest BCUT2D eigenvalue weighted by Gasteiger charge is -2.33. The van der Waals surface area contributed by atoms with E-state index in [0.717, 1.165) is 53.3 Å². The van der Waals surface area contributed by atoms with Gasteiger partial charge in [-0.25, -0.2) is 9.97 Å². The first-order valence-electron chi connectivity index (χ1n) is 6.91. The summed E-state index contributed by atoms with van der Waals surface area (Å²) in [6, 6.07) is 4.25. The highest BCUT2D eigenvalue weighted by molar-refractivity contribution is 9.13. The van der Waals surface area contributed by atoms with Crippen molar-refractivity contribution >= 4 is 37.8 Å². The van der Waals surface area contributed by atoms with Crippen LogP contribution in [0, 0.1) is 0 Å². The predicted molar refractivity (Wildman–Crippen MR) is 88.2 cm³/mol. The third-order valence-corrected chi connectivity index (χ3v) is 5.23. The van der Waals surface area contributed by atoms with E-state index in [9.17, 15) is 0 Å². The van der Waals surface area contributed by atoms with Crippen molar-refractivity contribution in [2.45, 2.75) is 25.4 Å². The van der Waals surface area contributed by atoms with Gasteiger partial charge in [-0.2, -0.15) is 0 Å². The SMILES string of the molecule is Brc1cc(CNC2CCCN(c3ncccn3)C2)oc1Br. The molecule has 0 radical (unpaired) electrons. The molecule has 1 aliphatic rings. The Hall–Kier alpha value is -0.920. The van der Waals surface area contributed by atoms with Gasteiger partial charge in [0, 0.05) is 31.5 Å². The Morgan fingerprint density at radius 2 is 2.14 bits per heavy atom. The van der Waals surface area contributed by atoms with Crippen LogP contribution in [0.15, 0.2) is 38.1 Å². The largest absolute Gasteiger partial charge is 0.452 e. The predicted octanol–water partition coefficient (Wildman–Crippen LogP) is 3.35. The number of hydrogen-bond acceptors (Lipinski definition) is 5. The molecule has 3 heterocycles. The van der Waals surface area contributed by atoms with Gasteiger partial charge in [0.1, 0.15) is 5.76 Å². The van der Waals surface area contributed by atoms with Crippen LogP contribution in [0.3, 0.4) is 0 Å². The number of aromatic nitrogens is 2. The van der Waals surface area contributed by atoms with E-state index in [1.54, 1.807) is 12.4 Å². The van der Waals surface area contributed by atoms with Gasteiger partial charge in [-0.1, -0.05) is 0 Å². The number of anilines is 1. The minimum atomic E-state index is 0.421. The van der Waals surface area contributed by atoms with E-state index < -0.39 is 0 Å². The first-order chi connectivity index (χ1) is 10.2. The van der Waals surface area contributed by atoms with Crippen LogP contribution in [-0.4, -0.2) is 29.1 Å². The minimum Gasteiger partial charge on any atom is -0.452 e. The van der Waals surface area contributed by atoms with Crippen molar-refractivity contribution < 1.29 is 4.42 Å². The topological polar surface area (TPSA) is 54.2 Å². The van der Waals surface area contributed by atoms with E-state index in [2.05, 4.69) is 52.0 Å². The summed E-state index contributed by atoms with van der Waals surface area (Å²) in [4.78, 5) is 10.9. The van der Waals surface area contributed by atoms with Crippen molar-refractivity contribution in [2.75, 3.05) is 18.0 Å². The Morgan fingerprint density at radius 3 is 2.86 bits per heavy atom. The Morgan fingerprint density at radius 1 is 1.33 bits per heavy atom. The summed E-state index contributed by atoms with van der Waals surface area (Å²) in [6.07, 6.45) is 5.88. The number of hydrogen-bond donors (Lipinski definition) is 1. The molecule has 1 aliphatic heterocycles. The zero-order valence-electron chi connectivity index (χ0n) is 11.4. The van der Waals surface area contributed by atoms with Crippen LogP contribution < -0.4 is 10.2 Å². The molecular weight excluding hydrogens is 400 g/mol. The van der Waals surface area contributed by atoms with Crippen molar-refractivity contribution in [3.8, 4) is 0 Å². The van der Waals surface area contributed by atoms with Gasteiger partial charge < -0.3 is 14.6 Å².